The van der Waals surface area contributed by atoms with Crippen LogP contribution in [0.25, 0.3) is 0 Å². The van der Waals surface area contributed by atoms with Gasteiger partial charge in [-0.1, -0.05) is 0 Å². The van der Waals surface area contributed by atoms with Crippen LogP contribution in [0.5, 0.6) is 0 Å². The van der Waals surface area contributed by atoms with Gasteiger partial charge in [-0.3, -0.25) is 4.21 Å². The van der Waals surface area contributed by atoms with Gasteiger partial charge in [0.25, 0.3) is 0 Å². The SMILES string of the molecule is Cn1cc(S(=O)(=O)N2CCS(=O)CC2)cc1CCl. The zero-order chi connectivity index (χ0) is 13.3. The van der Waals surface area contributed by atoms with Gasteiger partial charge >= 0.3 is 0 Å². The van der Waals surface area contributed by atoms with Crippen molar-refractivity contribution in [2.45, 2.75) is 10.8 Å². The molecular formula is C10H15ClN2O3S2. The predicted octanol–water partition coefficient (Wildman–Crippen LogP) is 0.517. The van der Waals surface area contributed by atoms with E-state index in [0.29, 0.717) is 24.6 Å². The van der Waals surface area contributed by atoms with Crippen LogP contribution in [0.1, 0.15) is 5.69 Å². The van der Waals surface area contributed by atoms with E-state index in [1.165, 1.54) is 4.31 Å². The van der Waals surface area contributed by atoms with Gasteiger partial charge in [0.1, 0.15) is 4.90 Å². The molecule has 0 unspecified atom stereocenters. The second-order valence-corrected chi connectivity index (χ2v) is 8.07. The van der Waals surface area contributed by atoms with Gasteiger partial charge in [0.15, 0.2) is 0 Å². The summed E-state index contributed by atoms with van der Waals surface area (Å²) in [6, 6.07) is 1.59. The van der Waals surface area contributed by atoms with Crippen molar-refractivity contribution in [2.24, 2.45) is 7.05 Å². The van der Waals surface area contributed by atoms with Crippen LogP contribution in [0, 0.1) is 0 Å². The molecule has 1 fully saturated rings. The van der Waals surface area contributed by atoms with Crippen molar-refractivity contribution in [2.75, 3.05) is 24.6 Å². The molecule has 1 aliphatic heterocycles. The largest absolute Gasteiger partial charge is 0.352 e. The maximum Gasteiger partial charge on any atom is 0.244 e. The molecule has 1 saturated heterocycles. The second kappa shape index (κ2) is 5.32. The number of aromatic nitrogens is 1. The summed E-state index contributed by atoms with van der Waals surface area (Å²) >= 11 is 5.73. The van der Waals surface area contributed by atoms with Crippen molar-refractivity contribution in [3.63, 3.8) is 0 Å². The molecule has 0 aromatic carbocycles. The average molecular weight is 311 g/mol. The smallest absolute Gasteiger partial charge is 0.244 e. The van der Waals surface area contributed by atoms with Gasteiger partial charge in [-0.15, -0.1) is 11.6 Å². The van der Waals surface area contributed by atoms with Crippen molar-refractivity contribution in [3.05, 3.63) is 18.0 Å². The summed E-state index contributed by atoms with van der Waals surface area (Å²) in [5.41, 5.74) is 0.760. The van der Waals surface area contributed by atoms with E-state index in [9.17, 15) is 12.6 Å². The van der Waals surface area contributed by atoms with Gasteiger partial charge < -0.3 is 4.57 Å². The molecule has 0 spiro atoms. The summed E-state index contributed by atoms with van der Waals surface area (Å²) in [7, 11) is -2.60. The van der Waals surface area contributed by atoms with Crippen LogP contribution in [0.4, 0.5) is 0 Å². The Labute approximate surface area is 114 Å². The molecule has 0 N–H and O–H groups in total. The summed E-state index contributed by atoms with van der Waals surface area (Å²) < 4.78 is 39.0. The standard InChI is InChI=1S/C10H15ClN2O3S2/c1-12-8-10(6-9(12)7-11)18(15,16)13-2-4-17(14)5-3-13/h6,8H,2-5,7H2,1H3. The van der Waals surface area contributed by atoms with Crippen molar-refractivity contribution >= 4 is 32.4 Å². The van der Waals surface area contributed by atoms with Crippen LogP contribution >= 0.6 is 11.6 Å². The van der Waals surface area contributed by atoms with E-state index >= 15 is 0 Å². The number of aryl methyl sites for hydroxylation is 1. The number of hydrogen-bond donors (Lipinski definition) is 0. The maximum absolute atomic E-state index is 12.3. The molecule has 8 heteroatoms. The summed E-state index contributed by atoms with van der Waals surface area (Å²) in [5.74, 6) is 1.10. The highest BCUT2D eigenvalue weighted by molar-refractivity contribution is 7.89. The van der Waals surface area contributed by atoms with Gasteiger partial charge in [0, 0.05) is 54.3 Å². The fourth-order valence-electron chi connectivity index (χ4n) is 1.86. The molecule has 0 amide bonds. The predicted molar refractivity (Wildman–Crippen MR) is 71.6 cm³/mol. The van der Waals surface area contributed by atoms with E-state index in [4.69, 9.17) is 11.6 Å². The van der Waals surface area contributed by atoms with Gasteiger partial charge in [0.05, 0.1) is 5.88 Å². The monoisotopic (exact) mass is 310 g/mol. The number of alkyl halides is 1. The molecule has 18 heavy (non-hydrogen) atoms. The number of hydrogen-bond acceptors (Lipinski definition) is 3. The molecule has 0 aliphatic carbocycles. The van der Waals surface area contributed by atoms with E-state index in [2.05, 4.69) is 0 Å². The first-order valence-corrected chi connectivity index (χ1v) is 8.97. The highest BCUT2D eigenvalue weighted by Crippen LogP contribution is 2.20. The Hall–Kier alpha value is -0.370. The van der Waals surface area contributed by atoms with E-state index in [-0.39, 0.29) is 10.8 Å². The van der Waals surface area contributed by atoms with Crippen molar-refractivity contribution in [3.8, 4) is 0 Å². The Balaban J connectivity index is 2.27. The highest BCUT2D eigenvalue weighted by atomic mass is 35.5. The first-order valence-electron chi connectivity index (χ1n) is 5.51. The Kier molecular flexibility index (Phi) is 4.15. The van der Waals surface area contributed by atoms with Crippen LogP contribution in [0.2, 0.25) is 0 Å². The van der Waals surface area contributed by atoms with Gasteiger partial charge in [0.2, 0.25) is 10.0 Å². The number of halogens is 1. The van der Waals surface area contributed by atoms with Crippen molar-refractivity contribution in [1.29, 1.82) is 0 Å². The molecule has 1 aromatic rings. The molecular weight excluding hydrogens is 296 g/mol. The third kappa shape index (κ3) is 2.64. The van der Waals surface area contributed by atoms with E-state index in [1.807, 2.05) is 0 Å². The van der Waals surface area contributed by atoms with E-state index in [0.717, 1.165) is 5.69 Å². The molecule has 102 valence electrons. The zero-order valence-electron chi connectivity index (χ0n) is 10.0. The lowest BCUT2D eigenvalue weighted by Crippen LogP contribution is -2.41. The summed E-state index contributed by atoms with van der Waals surface area (Å²) in [6.07, 6.45) is 1.57. The van der Waals surface area contributed by atoms with Crippen LogP contribution < -0.4 is 0 Å². The minimum atomic E-state index is -3.48. The third-order valence-electron chi connectivity index (χ3n) is 2.99. The van der Waals surface area contributed by atoms with E-state index in [1.54, 1.807) is 23.9 Å². The minimum absolute atomic E-state index is 0.258. The topological polar surface area (TPSA) is 59.4 Å². The zero-order valence-corrected chi connectivity index (χ0v) is 12.4. The van der Waals surface area contributed by atoms with Crippen molar-refractivity contribution < 1.29 is 12.6 Å². The van der Waals surface area contributed by atoms with Gasteiger partial charge in [-0.25, -0.2) is 8.42 Å². The molecule has 0 radical (unpaired) electrons. The number of rotatable bonds is 3. The minimum Gasteiger partial charge on any atom is -0.352 e. The summed E-state index contributed by atoms with van der Waals surface area (Å²) in [4.78, 5) is 0.258. The number of nitrogens with zero attached hydrogens (tertiary/aromatic N) is 2. The molecule has 2 rings (SSSR count). The van der Waals surface area contributed by atoms with E-state index < -0.39 is 20.8 Å². The fourth-order valence-corrected chi connectivity index (χ4v) is 4.95. The lowest BCUT2D eigenvalue weighted by Gasteiger charge is -2.24. The Bertz CT molecular complexity index is 558. The highest BCUT2D eigenvalue weighted by Gasteiger charge is 2.29. The Morgan fingerprint density at radius 3 is 2.50 bits per heavy atom. The lowest BCUT2D eigenvalue weighted by molar-refractivity contribution is 0.438. The Morgan fingerprint density at radius 2 is 2.00 bits per heavy atom. The quantitative estimate of drug-likeness (QED) is 0.765. The Morgan fingerprint density at radius 1 is 1.39 bits per heavy atom. The molecule has 1 aliphatic rings. The third-order valence-corrected chi connectivity index (χ3v) is 6.41. The molecule has 0 atom stereocenters. The lowest BCUT2D eigenvalue weighted by atomic mass is 10.5. The molecule has 1 aromatic heterocycles. The maximum atomic E-state index is 12.3. The van der Waals surface area contributed by atoms with Crippen molar-refractivity contribution in [1.82, 2.24) is 8.87 Å². The van der Waals surface area contributed by atoms with Crippen LogP contribution in [-0.2, 0) is 33.8 Å². The van der Waals surface area contributed by atoms with Gasteiger partial charge in [-0.2, -0.15) is 4.31 Å². The summed E-state index contributed by atoms with van der Waals surface area (Å²) in [5, 5.41) is 0. The second-order valence-electron chi connectivity index (χ2n) is 4.16. The van der Waals surface area contributed by atoms with Gasteiger partial charge in [-0.05, 0) is 6.07 Å². The molecule has 0 saturated carbocycles. The fraction of sp³-hybridized carbons (Fsp3) is 0.600. The van der Waals surface area contributed by atoms with Crippen LogP contribution in [0.15, 0.2) is 17.2 Å². The summed E-state index contributed by atoms with van der Waals surface area (Å²) in [6.45, 7) is 0.639. The first kappa shape index (κ1) is 14.0. The van der Waals surface area contributed by atoms with Crippen LogP contribution in [0.3, 0.4) is 0 Å². The molecule has 2 heterocycles. The average Bonchev–Trinajstić information content (AvgIpc) is 2.72. The van der Waals surface area contributed by atoms with Crippen LogP contribution in [-0.4, -0.2) is 46.1 Å². The number of sulfonamides is 1. The molecule has 5 nitrogen and oxygen atoms in total. The molecule has 0 bridgehead atoms. The first-order chi connectivity index (χ1) is 8.45. The normalized spacial score (nSPS) is 19.2.